The van der Waals surface area contributed by atoms with E-state index >= 15 is 0 Å². The number of hydrogen-bond acceptors (Lipinski definition) is 3. The van der Waals surface area contributed by atoms with Gasteiger partial charge < -0.3 is 0 Å². The Balaban J connectivity index is 2.36. The summed E-state index contributed by atoms with van der Waals surface area (Å²) in [5.74, 6) is 0.766. The summed E-state index contributed by atoms with van der Waals surface area (Å²) in [5, 5.41) is 0. The first kappa shape index (κ1) is 12.8. The molecule has 0 fully saturated rings. The van der Waals surface area contributed by atoms with Gasteiger partial charge in [-0.05, 0) is 48.1 Å². The number of thiophene rings is 1. The molecule has 17 heavy (non-hydrogen) atoms. The Kier molecular flexibility index (Phi) is 3.98. The molecule has 5 heteroatoms. The minimum absolute atomic E-state index is 0.0459. The van der Waals surface area contributed by atoms with Crippen LogP contribution < -0.4 is 5.56 Å². The molecule has 0 bridgehead atoms. The average molecular weight is 360 g/mol. The lowest BCUT2D eigenvalue weighted by atomic mass is 10.3. The Labute approximate surface area is 118 Å². The molecule has 0 aliphatic carbocycles. The summed E-state index contributed by atoms with van der Waals surface area (Å²) in [5.41, 5.74) is 0.0459. The van der Waals surface area contributed by atoms with Gasteiger partial charge in [-0.15, -0.1) is 11.3 Å². The summed E-state index contributed by atoms with van der Waals surface area (Å²) in [6, 6.07) is 4.22. The van der Waals surface area contributed by atoms with Crippen LogP contribution in [0, 0.1) is 10.5 Å². The summed E-state index contributed by atoms with van der Waals surface area (Å²) in [4.78, 5) is 18.8. The first-order valence-corrected chi connectivity index (χ1v) is 7.31. The minimum Gasteiger partial charge on any atom is -0.291 e. The quantitative estimate of drug-likeness (QED) is 0.789. The molecule has 0 unspecified atom stereocenters. The Hall–Kier alpha value is -0.690. The van der Waals surface area contributed by atoms with Crippen molar-refractivity contribution in [3.8, 4) is 0 Å². The highest BCUT2D eigenvalue weighted by Crippen LogP contribution is 2.17. The molecule has 90 valence electrons. The minimum atomic E-state index is 0.0459. The van der Waals surface area contributed by atoms with Crippen LogP contribution >= 0.6 is 33.9 Å². The molecule has 0 radical (unpaired) electrons. The molecule has 0 aromatic carbocycles. The number of halogens is 1. The maximum absolute atomic E-state index is 12.0. The van der Waals surface area contributed by atoms with Gasteiger partial charge in [0.1, 0.15) is 5.82 Å². The molecular weight excluding hydrogens is 347 g/mol. The first-order valence-electron chi connectivity index (χ1n) is 5.41. The van der Waals surface area contributed by atoms with Gasteiger partial charge in [0.05, 0.1) is 10.1 Å². The lowest BCUT2D eigenvalue weighted by Crippen LogP contribution is -2.25. The number of hydrogen-bond donors (Lipinski definition) is 0. The maximum Gasteiger partial charge on any atom is 0.267 e. The topological polar surface area (TPSA) is 34.9 Å². The second-order valence-electron chi connectivity index (χ2n) is 3.77. The van der Waals surface area contributed by atoms with Crippen molar-refractivity contribution in [3.05, 3.63) is 47.8 Å². The summed E-state index contributed by atoms with van der Waals surface area (Å²) in [6.45, 7) is 4.63. The summed E-state index contributed by atoms with van der Waals surface area (Å²) in [6.07, 6.45) is 2.67. The third kappa shape index (κ3) is 2.77. The highest BCUT2D eigenvalue weighted by Gasteiger charge is 2.07. The van der Waals surface area contributed by atoms with Crippen LogP contribution in [-0.2, 0) is 13.0 Å². The Morgan fingerprint density at radius 1 is 1.41 bits per heavy atom. The van der Waals surface area contributed by atoms with Crippen molar-refractivity contribution in [1.82, 2.24) is 9.55 Å². The fourth-order valence-corrected chi connectivity index (χ4v) is 2.97. The van der Waals surface area contributed by atoms with Crippen LogP contribution in [0.4, 0.5) is 0 Å². The van der Waals surface area contributed by atoms with E-state index in [-0.39, 0.29) is 5.56 Å². The predicted octanol–water partition coefficient (Wildman–Crippen LogP) is 2.83. The molecule has 0 atom stereocenters. The molecular formula is C12H13IN2OS. The van der Waals surface area contributed by atoms with Gasteiger partial charge in [0.15, 0.2) is 0 Å². The van der Waals surface area contributed by atoms with Gasteiger partial charge in [-0.2, -0.15) is 0 Å². The normalized spacial score (nSPS) is 10.8. The number of aryl methyl sites for hydroxylation is 2. The van der Waals surface area contributed by atoms with Crippen molar-refractivity contribution in [1.29, 1.82) is 0 Å². The molecule has 0 N–H and O–H groups in total. The molecule has 0 saturated heterocycles. The van der Waals surface area contributed by atoms with Gasteiger partial charge in [-0.3, -0.25) is 9.36 Å². The maximum atomic E-state index is 12.0. The van der Waals surface area contributed by atoms with Crippen LogP contribution in [0.2, 0.25) is 0 Å². The fraction of sp³-hybridized carbons (Fsp3) is 0.333. The van der Waals surface area contributed by atoms with Crippen LogP contribution in [0.15, 0.2) is 23.1 Å². The number of aromatic nitrogens is 2. The largest absolute Gasteiger partial charge is 0.291 e. The van der Waals surface area contributed by atoms with Gasteiger partial charge in [-0.25, -0.2) is 4.98 Å². The van der Waals surface area contributed by atoms with E-state index in [9.17, 15) is 4.79 Å². The van der Waals surface area contributed by atoms with E-state index in [0.29, 0.717) is 10.1 Å². The summed E-state index contributed by atoms with van der Waals surface area (Å²) >= 11 is 3.79. The predicted molar refractivity (Wildman–Crippen MR) is 78.8 cm³/mol. The molecule has 0 aliphatic heterocycles. The van der Waals surface area contributed by atoms with Crippen molar-refractivity contribution in [3.63, 3.8) is 0 Å². The van der Waals surface area contributed by atoms with Crippen molar-refractivity contribution in [2.45, 2.75) is 26.8 Å². The van der Waals surface area contributed by atoms with E-state index in [0.717, 1.165) is 12.2 Å². The Morgan fingerprint density at radius 3 is 2.76 bits per heavy atom. The van der Waals surface area contributed by atoms with Gasteiger partial charge in [0.2, 0.25) is 0 Å². The van der Waals surface area contributed by atoms with Crippen molar-refractivity contribution in [2.24, 2.45) is 0 Å². The first-order chi connectivity index (χ1) is 8.11. The van der Waals surface area contributed by atoms with E-state index in [2.05, 4.69) is 24.0 Å². The molecule has 2 rings (SSSR count). The monoisotopic (exact) mass is 360 g/mol. The third-order valence-electron chi connectivity index (χ3n) is 2.58. The Bertz CT molecular complexity index is 588. The van der Waals surface area contributed by atoms with Crippen molar-refractivity contribution in [2.75, 3.05) is 0 Å². The zero-order valence-corrected chi connectivity index (χ0v) is 12.7. The van der Waals surface area contributed by atoms with Crippen molar-refractivity contribution < 1.29 is 0 Å². The van der Waals surface area contributed by atoms with Crippen LogP contribution in [0.3, 0.4) is 0 Å². The van der Waals surface area contributed by atoms with Gasteiger partial charge in [0, 0.05) is 16.0 Å². The van der Waals surface area contributed by atoms with Crippen LogP contribution in [0.5, 0.6) is 0 Å². The zero-order chi connectivity index (χ0) is 12.4. The van der Waals surface area contributed by atoms with E-state index in [1.54, 1.807) is 22.1 Å². The zero-order valence-electron chi connectivity index (χ0n) is 9.74. The molecule has 0 aliphatic rings. The van der Waals surface area contributed by atoms with Gasteiger partial charge in [-0.1, -0.05) is 6.92 Å². The van der Waals surface area contributed by atoms with Crippen LogP contribution in [0.25, 0.3) is 0 Å². The second kappa shape index (κ2) is 5.30. The average Bonchev–Trinajstić information content (AvgIpc) is 2.77. The standard InChI is InChI=1S/C12H13IN2OS/c1-3-9-4-5-10(17-9)7-15-8(2)14-6-11(13)12(15)16/h4-6H,3,7H2,1-2H3. The highest BCUT2D eigenvalue weighted by atomic mass is 127. The third-order valence-corrected chi connectivity index (χ3v) is 4.54. The molecule has 3 nitrogen and oxygen atoms in total. The van der Waals surface area contributed by atoms with E-state index < -0.39 is 0 Å². The van der Waals surface area contributed by atoms with Crippen LogP contribution in [0.1, 0.15) is 22.5 Å². The summed E-state index contributed by atoms with van der Waals surface area (Å²) < 4.78 is 2.40. The number of rotatable bonds is 3. The highest BCUT2D eigenvalue weighted by molar-refractivity contribution is 14.1. The Morgan fingerprint density at radius 2 is 2.12 bits per heavy atom. The lowest BCUT2D eigenvalue weighted by Gasteiger charge is -2.07. The molecule has 2 heterocycles. The SMILES string of the molecule is CCc1ccc(Cn2c(C)ncc(I)c2=O)s1. The smallest absolute Gasteiger partial charge is 0.267 e. The molecule has 2 aromatic rings. The van der Waals surface area contributed by atoms with Gasteiger partial charge in [0.25, 0.3) is 5.56 Å². The van der Waals surface area contributed by atoms with Crippen molar-refractivity contribution >= 4 is 33.9 Å². The molecule has 2 aromatic heterocycles. The van der Waals surface area contributed by atoms with Crippen LogP contribution in [-0.4, -0.2) is 9.55 Å². The van der Waals surface area contributed by atoms with E-state index in [4.69, 9.17) is 0 Å². The lowest BCUT2D eigenvalue weighted by molar-refractivity contribution is 0.702. The second-order valence-corrected chi connectivity index (χ2v) is 6.18. The number of nitrogens with zero attached hydrogens (tertiary/aromatic N) is 2. The molecule has 0 saturated carbocycles. The molecule has 0 amide bonds. The van der Waals surface area contributed by atoms with E-state index in [1.165, 1.54) is 9.75 Å². The fourth-order valence-electron chi connectivity index (χ4n) is 1.59. The van der Waals surface area contributed by atoms with Gasteiger partial charge >= 0.3 is 0 Å². The summed E-state index contributed by atoms with van der Waals surface area (Å²) in [7, 11) is 0. The molecule has 0 spiro atoms. The van der Waals surface area contributed by atoms with E-state index in [1.807, 2.05) is 29.5 Å².